The lowest BCUT2D eigenvalue weighted by Gasteiger charge is -2.04. The van der Waals surface area contributed by atoms with Gasteiger partial charge in [0.15, 0.2) is 0 Å². The Bertz CT molecular complexity index is 763. The molecular formula is C12H8F3N5O. The van der Waals surface area contributed by atoms with Gasteiger partial charge in [-0.2, -0.15) is 18.3 Å². The molecule has 3 rings (SSSR count). The van der Waals surface area contributed by atoms with E-state index in [0.29, 0.717) is 5.56 Å². The molecule has 0 N–H and O–H groups in total. The Hall–Kier alpha value is -2.71. The van der Waals surface area contributed by atoms with Gasteiger partial charge >= 0.3 is 6.18 Å². The van der Waals surface area contributed by atoms with Crippen molar-refractivity contribution < 1.29 is 17.6 Å². The van der Waals surface area contributed by atoms with Gasteiger partial charge in [0.25, 0.3) is 5.89 Å². The standard InChI is InChI=1S/C12H8F3N5O/c1-20-9(12(13,14)15)6-8(19-20)11-18-17-10(21-11)7-2-4-16-5-3-7/h2-6H,1H3. The summed E-state index contributed by atoms with van der Waals surface area (Å²) in [5.41, 5.74) is -0.297. The normalized spacial score (nSPS) is 11.8. The molecular weight excluding hydrogens is 287 g/mol. The van der Waals surface area contributed by atoms with E-state index in [0.717, 1.165) is 10.7 Å². The fourth-order valence-electron chi connectivity index (χ4n) is 1.77. The highest BCUT2D eigenvalue weighted by atomic mass is 19.4. The zero-order valence-corrected chi connectivity index (χ0v) is 10.7. The van der Waals surface area contributed by atoms with Crippen LogP contribution in [0.3, 0.4) is 0 Å². The monoisotopic (exact) mass is 295 g/mol. The fraction of sp³-hybridized carbons (Fsp3) is 0.167. The first-order chi connectivity index (χ1) is 9.95. The van der Waals surface area contributed by atoms with Crippen LogP contribution in [0.1, 0.15) is 5.69 Å². The Balaban J connectivity index is 1.98. The quantitative estimate of drug-likeness (QED) is 0.726. The lowest BCUT2D eigenvalue weighted by molar-refractivity contribution is -0.143. The van der Waals surface area contributed by atoms with E-state index in [2.05, 4.69) is 20.3 Å². The highest BCUT2D eigenvalue weighted by Crippen LogP contribution is 2.32. The summed E-state index contributed by atoms with van der Waals surface area (Å²) in [6, 6.07) is 4.16. The number of alkyl halides is 3. The van der Waals surface area contributed by atoms with Gasteiger partial charge in [0.05, 0.1) is 0 Å². The van der Waals surface area contributed by atoms with Crippen LogP contribution in [0.4, 0.5) is 13.2 Å². The number of hydrogen-bond acceptors (Lipinski definition) is 5. The van der Waals surface area contributed by atoms with Crippen molar-refractivity contribution in [2.75, 3.05) is 0 Å². The van der Waals surface area contributed by atoms with Gasteiger partial charge in [-0.3, -0.25) is 9.67 Å². The van der Waals surface area contributed by atoms with Crippen LogP contribution in [0.5, 0.6) is 0 Å². The van der Waals surface area contributed by atoms with E-state index in [1.165, 1.54) is 7.05 Å². The molecule has 108 valence electrons. The topological polar surface area (TPSA) is 69.6 Å². The molecule has 3 aromatic heterocycles. The number of aryl methyl sites for hydroxylation is 1. The molecule has 6 nitrogen and oxygen atoms in total. The molecule has 0 amide bonds. The minimum absolute atomic E-state index is 0.0300. The Labute approximate surface area is 116 Å². The number of rotatable bonds is 2. The number of pyridine rings is 1. The van der Waals surface area contributed by atoms with Crippen LogP contribution in [-0.4, -0.2) is 25.0 Å². The third-order valence-corrected chi connectivity index (χ3v) is 2.74. The highest BCUT2D eigenvalue weighted by molar-refractivity contribution is 5.55. The van der Waals surface area contributed by atoms with Crippen molar-refractivity contribution in [1.82, 2.24) is 25.0 Å². The Kier molecular flexibility index (Phi) is 2.96. The summed E-state index contributed by atoms with van der Waals surface area (Å²) >= 11 is 0. The summed E-state index contributed by atoms with van der Waals surface area (Å²) in [6.07, 6.45) is -1.41. The maximum atomic E-state index is 12.7. The molecule has 0 spiro atoms. The third kappa shape index (κ3) is 2.49. The minimum Gasteiger partial charge on any atom is -0.415 e. The fourth-order valence-corrected chi connectivity index (χ4v) is 1.77. The van der Waals surface area contributed by atoms with Crippen molar-refractivity contribution in [3.8, 4) is 23.0 Å². The summed E-state index contributed by atoms with van der Waals surface area (Å²) in [5, 5.41) is 11.3. The number of nitrogens with zero attached hydrogens (tertiary/aromatic N) is 5. The first kappa shape index (κ1) is 13.3. The van der Waals surface area contributed by atoms with Gasteiger partial charge in [-0.15, -0.1) is 10.2 Å². The first-order valence-electron chi connectivity index (χ1n) is 5.80. The van der Waals surface area contributed by atoms with Crippen LogP contribution in [0, 0.1) is 0 Å². The summed E-state index contributed by atoms with van der Waals surface area (Å²) in [6.45, 7) is 0. The van der Waals surface area contributed by atoms with Gasteiger partial charge < -0.3 is 4.42 Å². The molecule has 0 unspecified atom stereocenters. The zero-order chi connectivity index (χ0) is 15.0. The summed E-state index contributed by atoms with van der Waals surface area (Å²) in [7, 11) is 1.20. The molecule has 9 heteroatoms. The van der Waals surface area contributed by atoms with Crippen molar-refractivity contribution in [2.24, 2.45) is 7.05 Å². The Morgan fingerprint density at radius 1 is 1.10 bits per heavy atom. The van der Waals surface area contributed by atoms with E-state index in [4.69, 9.17) is 4.42 Å². The van der Waals surface area contributed by atoms with E-state index in [1.807, 2.05) is 0 Å². The van der Waals surface area contributed by atoms with Gasteiger partial charge in [0.2, 0.25) is 5.89 Å². The molecule has 0 saturated heterocycles. The van der Waals surface area contributed by atoms with Crippen molar-refractivity contribution in [3.05, 3.63) is 36.3 Å². The molecule has 0 radical (unpaired) electrons. The van der Waals surface area contributed by atoms with Gasteiger partial charge in [-0.1, -0.05) is 0 Å². The second-order valence-corrected chi connectivity index (χ2v) is 4.18. The van der Waals surface area contributed by atoms with Crippen molar-refractivity contribution in [2.45, 2.75) is 6.18 Å². The predicted octanol–water partition coefficient (Wildman–Crippen LogP) is 2.55. The van der Waals surface area contributed by atoms with Crippen LogP contribution in [0.15, 0.2) is 35.0 Å². The lowest BCUT2D eigenvalue weighted by atomic mass is 10.3. The molecule has 0 aliphatic rings. The van der Waals surface area contributed by atoms with E-state index < -0.39 is 11.9 Å². The van der Waals surface area contributed by atoms with Crippen LogP contribution >= 0.6 is 0 Å². The van der Waals surface area contributed by atoms with Gasteiger partial charge in [0.1, 0.15) is 11.4 Å². The Morgan fingerprint density at radius 3 is 2.38 bits per heavy atom. The SMILES string of the molecule is Cn1nc(-c2nnc(-c3ccncc3)o2)cc1C(F)(F)F. The second-order valence-electron chi connectivity index (χ2n) is 4.18. The maximum Gasteiger partial charge on any atom is 0.433 e. The predicted molar refractivity (Wildman–Crippen MR) is 64.7 cm³/mol. The van der Waals surface area contributed by atoms with E-state index in [-0.39, 0.29) is 17.5 Å². The van der Waals surface area contributed by atoms with Gasteiger partial charge in [-0.25, -0.2) is 0 Å². The lowest BCUT2D eigenvalue weighted by Crippen LogP contribution is -2.11. The van der Waals surface area contributed by atoms with Gasteiger partial charge in [-0.05, 0) is 12.1 Å². The third-order valence-electron chi connectivity index (χ3n) is 2.74. The first-order valence-corrected chi connectivity index (χ1v) is 5.80. The second kappa shape index (κ2) is 4.69. The van der Waals surface area contributed by atoms with Crippen molar-refractivity contribution >= 4 is 0 Å². The number of hydrogen-bond donors (Lipinski definition) is 0. The van der Waals surface area contributed by atoms with Crippen molar-refractivity contribution in [1.29, 1.82) is 0 Å². The molecule has 0 aliphatic heterocycles. The molecule has 0 aliphatic carbocycles. The van der Waals surface area contributed by atoms with E-state index >= 15 is 0 Å². The average Bonchev–Trinajstić information content (AvgIpc) is 3.05. The number of halogens is 3. The van der Waals surface area contributed by atoms with Crippen LogP contribution in [0.2, 0.25) is 0 Å². The molecule has 0 fully saturated rings. The van der Waals surface area contributed by atoms with Crippen LogP contribution < -0.4 is 0 Å². The molecule has 0 aromatic carbocycles. The maximum absolute atomic E-state index is 12.7. The smallest absolute Gasteiger partial charge is 0.415 e. The zero-order valence-electron chi connectivity index (χ0n) is 10.7. The summed E-state index contributed by atoms with van der Waals surface area (Å²) < 4.78 is 44.2. The molecule has 0 bridgehead atoms. The molecule has 3 aromatic rings. The highest BCUT2D eigenvalue weighted by Gasteiger charge is 2.35. The summed E-state index contributed by atoms with van der Waals surface area (Å²) in [4.78, 5) is 3.85. The molecule has 3 heterocycles. The Morgan fingerprint density at radius 2 is 1.76 bits per heavy atom. The summed E-state index contributed by atoms with van der Waals surface area (Å²) in [5.74, 6) is 0.111. The minimum atomic E-state index is -4.49. The van der Waals surface area contributed by atoms with E-state index in [1.54, 1.807) is 24.5 Å². The number of aromatic nitrogens is 5. The molecule has 0 atom stereocenters. The van der Waals surface area contributed by atoms with Crippen molar-refractivity contribution in [3.63, 3.8) is 0 Å². The van der Waals surface area contributed by atoms with E-state index in [9.17, 15) is 13.2 Å². The molecule has 21 heavy (non-hydrogen) atoms. The average molecular weight is 295 g/mol. The largest absolute Gasteiger partial charge is 0.433 e. The van der Waals surface area contributed by atoms with Gasteiger partial charge in [0, 0.05) is 31.1 Å². The van der Waals surface area contributed by atoms with Crippen LogP contribution in [0.25, 0.3) is 23.0 Å². The van der Waals surface area contributed by atoms with Crippen LogP contribution in [-0.2, 0) is 13.2 Å². The molecule has 0 saturated carbocycles.